The summed E-state index contributed by atoms with van der Waals surface area (Å²) >= 11 is 4.73. The highest BCUT2D eigenvalue weighted by atomic mass is 35.5. The summed E-state index contributed by atoms with van der Waals surface area (Å²) in [5.74, 6) is 0. The summed E-state index contributed by atoms with van der Waals surface area (Å²) in [6, 6.07) is 0. The number of hydrogen-bond donors (Lipinski definition) is 0. The molecule has 0 aliphatic rings. The lowest BCUT2D eigenvalue weighted by molar-refractivity contribution is 0.328. The van der Waals surface area contributed by atoms with Crippen LogP contribution in [0.25, 0.3) is 0 Å². The summed E-state index contributed by atoms with van der Waals surface area (Å²) in [4.78, 5) is 0. The van der Waals surface area contributed by atoms with Crippen molar-refractivity contribution in [1.29, 1.82) is 0 Å². The van der Waals surface area contributed by atoms with E-state index in [1.54, 1.807) is 0 Å². The van der Waals surface area contributed by atoms with Gasteiger partial charge in [0.1, 0.15) is 0 Å². The van der Waals surface area contributed by atoms with Crippen LogP contribution in [0.2, 0.25) is 0 Å². The lowest BCUT2D eigenvalue weighted by Crippen LogP contribution is -1.97. The van der Waals surface area contributed by atoms with Gasteiger partial charge >= 0.3 is 0 Å². The van der Waals surface area contributed by atoms with E-state index in [-0.39, 0.29) is 12.4 Å². The van der Waals surface area contributed by atoms with Crippen LogP contribution in [-0.4, -0.2) is 11.7 Å². The molecule has 0 aromatic heterocycles. The van der Waals surface area contributed by atoms with Gasteiger partial charge in [0.2, 0.25) is 0 Å². The quantitative estimate of drug-likeness (QED) is 0.564. The van der Waals surface area contributed by atoms with E-state index in [0.717, 1.165) is 6.42 Å². The first-order valence-corrected chi connectivity index (χ1v) is 2.87. The molecular formula is C5H11ClOS. The van der Waals surface area contributed by atoms with Crippen LogP contribution in [0.3, 0.4) is 0 Å². The van der Waals surface area contributed by atoms with E-state index in [4.69, 9.17) is 17.0 Å². The molecule has 0 aromatic rings. The zero-order chi connectivity index (χ0) is 5.70. The molecule has 0 heterocycles. The van der Waals surface area contributed by atoms with Gasteiger partial charge in [0.05, 0.1) is 6.61 Å². The van der Waals surface area contributed by atoms with Crippen LogP contribution >= 0.6 is 24.6 Å². The molecule has 0 unspecified atom stereocenters. The number of thiocarbonyl (C=S) groups is 1. The predicted octanol–water partition coefficient (Wildman–Crippen LogP) is 2.18. The standard InChI is InChI=1S/C5H10OS.ClH/c1-3-5(7)6-4-2;/h3-4H2,1-2H3;1H. The Labute approximate surface area is 61.8 Å². The number of halogens is 1. The molecule has 0 amide bonds. The number of ether oxygens (including phenoxy) is 1. The van der Waals surface area contributed by atoms with Crippen molar-refractivity contribution in [1.82, 2.24) is 0 Å². The van der Waals surface area contributed by atoms with Gasteiger partial charge in [-0.25, -0.2) is 0 Å². The van der Waals surface area contributed by atoms with Crippen molar-refractivity contribution in [3.8, 4) is 0 Å². The number of rotatable bonds is 2. The van der Waals surface area contributed by atoms with Gasteiger partial charge in [-0.1, -0.05) is 6.92 Å². The molecular weight excluding hydrogens is 144 g/mol. The van der Waals surface area contributed by atoms with Crippen molar-refractivity contribution in [2.75, 3.05) is 6.61 Å². The molecule has 0 aliphatic carbocycles. The molecule has 0 saturated carbocycles. The lowest BCUT2D eigenvalue weighted by Gasteiger charge is -1.97. The summed E-state index contributed by atoms with van der Waals surface area (Å²) in [6.07, 6.45) is 0.850. The van der Waals surface area contributed by atoms with E-state index in [2.05, 4.69) is 0 Å². The smallest absolute Gasteiger partial charge is 0.159 e. The maximum Gasteiger partial charge on any atom is 0.159 e. The van der Waals surface area contributed by atoms with E-state index in [1.165, 1.54) is 0 Å². The van der Waals surface area contributed by atoms with Gasteiger partial charge in [-0.05, 0) is 19.1 Å². The minimum atomic E-state index is 0. The second kappa shape index (κ2) is 7.18. The zero-order valence-electron chi connectivity index (χ0n) is 5.14. The molecule has 8 heavy (non-hydrogen) atoms. The maximum absolute atomic E-state index is 4.92. The van der Waals surface area contributed by atoms with Gasteiger partial charge in [0, 0.05) is 6.42 Å². The van der Waals surface area contributed by atoms with Gasteiger partial charge in [0.25, 0.3) is 0 Å². The Hall–Kier alpha value is 0.180. The average molecular weight is 155 g/mol. The van der Waals surface area contributed by atoms with Gasteiger partial charge in [-0.15, -0.1) is 12.4 Å². The van der Waals surface area contributed by atoms with E-state index in [1.807, 2.05) is 13.8 Å². The SMILES string of the molecule is CCOC(=S)CC.Cl. The normalized spacial score (nSPS) is 7.25. The highest BCUT2D eigenvalue weighted by molar-refractivity contribution is 7.80. The molecule has 50 valence electrons. The van der Waals surface area contributed by atoms with Crippen molar-refractivity contribution in [3.05, 3.63) is 0 Å². The molecule has 1 nitrogen and oxygen atoms in total. The van der Waals surface area contributed by atoms with Gasteiger partial charge in [0.15, 0.2) is 5.05 Å². The van der Waals surface area contributed by atoms with Crippen molar-refractivity contribution in [2.45, 2.75) is 20.3 Å². The molecule has 0 atom stereocenters. The molecule has 3 heteroatoms. The van der Waals surface area contributed by atoms with Crippen molar-refractivity contribution >= 4 is 29.7 Å². The van der Waals surface area contributed by atoms with Crippen LogP contribution in [0, 0.1) is 0 Å². The fourth-order valence-electron chi connectivity index (χ4n) is 0.263. The molecule has 0 bridgehead atoms. The van der Waals surface area contributed by atoms with Crippen LogP contribution in [0.1, 0.15) is 20.3 Å². The van der Waals surface area contributed by atoms with Gasteiger partial charge in [-0.3, -0.25) is 0 Å². The molecule has 0 rings (SSSR count). The topological polar surface area (TPSA) is 9.23 Å². The summed E-state index contributed by atoms with van der Waals surface area (Å²) in [7, 11) is 0. The molecule has 0 aliphatic heterocycles. The number of hydrogen-bond acceptors (Lipinski definition) is 2. The average Bonchev–Trinajstić information content (AvgIpc) is 1.68. The predicted molar refractivity (Wildman–Crippen MR) is 41.8 cm³/mol. The third kappa shape index (κ3) is 6.18. The van der Waals surface area contributed by atoms with Crippen LogP contribution in [0.4, 0.5) is 0 Å². The Kier molecular flexibility index (Phi) is 9.91. The second-order valence-electron chi connectivity index (χ2n) is 1.16. The molecule has 0 saturated heterocycles. The summed E-state index contributed by atoms with van der Waals surface area (Å²) in [5, 5.41) is 0.711. The molecule has 0 fully saturated rings. The first kappa shape index (κ1) is 11.0. The molecule has 0 aromatic carbocycles. The van der Waals surface area contributed by atoms with Gasteiger partial charge in [-0.2, -0.15) is 0 Å². The van der Waals surface area contributed by atoms with Crippen molar-refractivity contribution in [3.63, 3.8) is 0 Å². The van der Waals surface area contributed by atoms with Crippen molar-refractivity contribution in [2.24, 2.45) is 0 Å². The van der Waals surface area contributed by atoms with Crippen LogP contribution in [-0.2, 0) is 4.74 Å². The zero-order valence-corrected chi connectivity index (χ0v) is 6.77. The fraction of sp³-hybridized carbons (Fsp3) is 0.800. The third-order valence-corrected chi connectivity index (χ3v) is 1.00. The van der Waals surface area contributed by atoms with Crippen LogP contribution < -0.4 is 0 Å². The maximum atomic E-state index is 4.92. The van der Waals surface area contributed by atoms with E-state index in [0.29, 0.717) is 11.7 Å². The lowest BCUT2D eigenvalue weighted by atomic mass is 10.5. The largest absolute Gasteiger partial charge is 0.487 e. The Balaban J connectivity index is 0. The summed E-state index contributed by atoms with van der Waals surface area (Å²) < 4.78 is 4.92. The highest BCUT2D eigenvalue weighted by Gasteiger charge is 1.85. The first-order valence-electron chi connectivity index (χ1n) is 2.46. The minimum Gasteiger partial charge on any atom is -0.487 e. The molecule has 0 spiro atoms. The van der Waals surface area contributed by atoms with Gasteiger partial charge < -0.3 is 4.74 Å². The monoisotopic (exact) mass is 154 g/mol. The van der Waals surface area contributed by atoms with E-state index in [9.17, 15) is 0 Å². The summed E-state index contributed by atoms with van der Waals surface area (Å²) in [6.45, 7) is 4.62. The Morgan fingerprint density at radius 2 is 2.00 bits per heavy atom. The molecule has 0 N–H and O–H groups in total. The Morgan fingerprint density at radius 1 is 1.50 bits per heavy atom. The third-order valence-electron chi connectivity index (χ3n) is 0.594. The highest BCUT2D eigenvalue weighted by Crippen LogP contribution is 1.85. The minimum absolute atomic E-state index is 0. The Morgan fingerprint density at radius 3 is 2.12 bits per heavy atom. The van der Waals surface area contributed by atoms with Crippen LogP contribution in [0.15, 0.2) is 0 Å². The van der Waals surface area contributed by atoms with Crippen LogP contribution in [0.5, 0.6) is 0 Å². The first-order chi connectivity index (χ1) is 3.31. The second-order valence-corrected chi connectivity index (χ2v) is 1.61. The molecule has 0 radical (unpaired) electrons. The Bertz CT molecular complexity index is 65.4. The fourth-order valence-corrected chi connectivity index (χ4v) is 0.381. The van der Waals surface area contributed by atoms with Crippen molar-refractivity contribution < 1.29 is 4.74 Å². The summed E-state index contributed by atoms with van der Waals surface area (Å²) in [5.41, 5.74) is 0. The van der Waals surface area contributed by atoms with E-state index < -0.39 is 0 Å². The van der Waals surface area contributed by atoms with E-state index >= 15 is 0 Å².